The van der Waals surface area contributed by atoms with Gasteiger partial charge in [-0.25, -0.2) is 4.79 Å². The molecule has 3 atom stereocenters. The molecule has 15 heavy (non-hydrogen) atoms. The number of nitrogens with one attached hydrogen (secondary N) is 1. The van der Waals surface area contributed by atoms with E-state index in [1.54, 1.807) is 0 Å². The van der Waals surface area contributed by atoms with Crippen LogP contribution in [0, 0.1) is 0 Å². The second kappa shape index (κ2) is 6.94. The number of thiol groups is 2. The van der Waals surface area contributed by atoms with Gasteiger partial charge in [-0.1, -0.05) is 0 Å². The fraction of sp³-hybridized carbons (Fsp3) is 0.714. The number of carbonyl (C=O) groups is 2. The van der Waals surface area contributed by atoms with Gasteiger partial charge in [-0.15, -0.1) is 25.3 Å². The summed E-state index contributed by atoms with van der Waals surface area (Å²) in [6, 6.07) is 0. The van der Waals surface area contributed by atoms with Gasteiger partial charge in [-0.3, -0.25) is 4.79 Å². The minimum atomic E-state index is -1.41. The van der Waals surface area contributed by atoms with E-state index in [1.165, 1.54) is 6.92 Å². The number of hydrogen-bond acceptors (Lipinski definition) is 6. The van der Waals surface area contributed by atoms with Crippen molar-refractivity contribution in [2.45, 2.75) is 23.9 Å². The number of rotatable bonds is 6. The second-order valence-electron chi connectivity index (χ2n) is 2.77. The van der Waals surface area contributed by atoms with E-state index in [1.807, 2.05) is 0 Å². The first-order chi connectivity index (χ1) is 6.84. The summed E-state index contributed by atoms with van der Waals surface area (Å²) in [4.78, 5) is 21.5. The fourth-order valence-corrected chi connectivity index (χ4v) is 1.01. The van der Waals surface area contributed by atoms with E-state index >= 15 is 0 Å². The summed E-state index contributed by atoms with van der Waals surface area (Å²) in [6.45, 7) is 1.54. The summed E-state index contributed by atoms with van der Waals surface area (Å²) >= 11 is 7.30. The largest absolute Gasteiger partial charge is 0.479 e. The van der Waals surface area contributed by atoms with Crippen LogP contribution in [0.15, 0.2) is 0 Å². The van der Waals surface area contributed by atoms with Gasteiger partial charge in [-0.2, -0.15) is 0 Å². The molecule has 0 aliphatic heterocycles. The molecule has 0 fully saturated rings. The van der Waals surface area contributed by atoms with Crippen LogP contribution in [0.2, 0.25) is 0 Å². The standard InChI is InChI=1S/C7H13NO5S2/c1-3(9)2-8-4(10)6(14)13-7(15)5(11)12/h3,6-7,9,14-15H,2H2,1H3,(H,8,10)(H,11,12). The number of aliphatic carboxylic acids is 1. The van der Waals surface area contributed by atoms with Gasteiger partial charge in [0.25, 0.3) is 5.91 Å². The summed E-state index contributed by atoms with van der Waals surface area (Å²) in [7, 11) is 0. The molecule has 8 heteroatoms. The molecule has 0 bridgehead atoms. The highest BCUT2D eigenvalue weighted by molar-refractivity contribution is 7.82. The molecule has 0 heterocycles. The third-order valence-electron chi connectivity index (χ3n) is 1.27. The molecule has 0 rings (SSSR count). The molecule has 6 nitrogen and oxygen atoms in total. The zero-order valence-corrected chi connectivity index (χ0v) is 9.74. The first-order valence-electron chi connectivity index (χ1n) is 4.04. The number of hydrogen-bond donors (Lipinski definition) is 5. The molecule has 0 aromatic carbocycles. The molecule has 0 saturated heterocycles. The minimum absolute atomic E-state index is 0.0452. The first-order valence-corrected chi connectivity index (χ1v) is 5.08. The van der Waals surface area contributed by atoms with Crippen molar-refractivity contribution in [1.29, 1.82) is 0 Å². The van der Waals surface area contributed by atoms with Crippen LogP contribution in [0.3, 0.4) is 0 Å². The lowest BCUT2D eigenvalue weighted by atomic mass is 10.4. The molecule has 3 N–H and O–H groups in total. The molecule has 0 spiro atoms. The Morgan fingerprint density at radius 1 is 1.40 bits per heavy atom. The Bertz CT molecular complexity index is 235. The van der Waals surface area contributed by atoms with Crippen molar-refractivity contribution in [2.24, 2.45) is 0 Å². The van der Waals surface area contributed by atoms with Crippen molar-refractivity contribution in [3.8, 4) is 0 Å². The summed E-state index contributed by atoms with van der Waals surface area (Å²) in [5.74, 6) is -1.93. The molecule has 3 unspecified atom stereocenters. The van der Waals surface area contributed by atoms with E-state index in [0.717, 1.165) is 0 Å². The van der Waals surface area contributed by atoms with E-state index in [9.17, 15) is 9.59 Å². The first kappa shape index (κ1) is 14.6. The number of aliphatic hydroxyl groups excluding tert-OH is 1. The van der Waals surface area contributed by atoms with Gasteiger partial charge in [0.2, 0.25) is 0 Å². The maximum absolute atomic E-state index is 11.2. The number of carboxylic acid groups (broad SMARTS) is 1. The Morgan fingerprint density at radius 3 is 2.33 bits per heavy atom. The van der Waals surface area contributed by atoms with Crippen molar-refractivity contribution >= 4 is 37.1 Å². The van der Waals surface area contributed by atoms with E-state index in [-0.39, 0.29) is 6.54 Å². The topological polar surface area (TPSA) is 95.9 Å². The number of carbonyl (C=O) groups excluding carboxylic acids is 1. The highest BCUT2D eigenvalue weighted by Crippen LogP contribution is 2.06. The summed E-state index contributed by atoms with van der Waals surface area (Å²) in [5.41, 5.74) is -2.65. The van der Waals surface area contributed by atoms with Gasteiger partial charge < -0.3 is 20.3 Å². The summed E-state index contributed by atoms with van der Waals surface area (Å²) < 4.78 is 4.64. The van der Waals surface area contributed by atoms with E-state index in [4.69, 9.17) is 10.2 Å². The Morgan fingerprint density at radius 2 is 1.93 bits per heavy atom. The smallest absolute Gasteiger partial charge is 0.343 e. The normalized spacial score (nSPS) is 16.5. The molecule has 0 aromatic heterocycles. The van der Waals surface area contributed by atoms with Crippen molar-refractivity contribution in [3.05, 3.63) is 0 Å². The molecule has 88 valence electrons. The SMILES string of the molecule is CC(O)CNC(=O)C(S)OC(S)C(=O)O. The lowest BCUT2D eigenvalue weighted by Crippen LogP contribution is -2.39. The second-order valence-corrected chi connectivity index (χ2v) is 3.71. The average Bonchev–Trinajstić information content (AvgIpc) is 2.13. The van der Waals surface area contributed by atoms with Crippen molar-refractivity contribution in [2.75, 3.05) is 6.54 Å². The van der Waals surface area contributed by atoms with Gasteiger partial charge in [0, 0.05) is 6.54 Å². The van der Waals surface area contributed by atoms with Crippen molar-refractivity contribution in [3.63, 3.8) is 0 Å². The van der Waals surface area contributed by atoms with E-state index in [2.05, 4.69) is 35.3 Å². The van der Waals surface area contributed by atoms with Crippen LogP contribution in [0.5, 0.6) is 0 Å². The Hall–Kier alpha value is -0.440. The van der Waals surface area contributed by atoms with Gasteiger partial charge >= 0.3 is 5.97 Å². The molecule has 0 aliphatic carbocycles. The summed E-state index contributed by atoms with van der Waals surface area (Å²) in [5, 5.41) is 19.6. The zero-order valence-electron chi connectivity index (χ0n) is 7.95. The van der Waals surface area contributed by atoms with Crippen LogP contribution >= 0.6 is 25.3 Å². The van der Waals surface area contributed by atoms with E-state index in [0.29, 0.717) is 0 Å². The Balaban J connectivity index is 3.93. The van der Waals surface area contributed by atoms with Gasteiger partial charge in [0.05, 0.1) is 6.10 Å². The Kier molecular flexibility index (Phi) is 6.73. The lowest BCUT2D eigenvalue weighted by Gasteiger charge is -2.15. The molecule has 0 radical (unpaired) electrons. The average molecular weight is 255 g/mol. The molecule has 0 aliphatic rings. The number of amides is 1. The number of carboxylic acids is 1. The zero-order chi connectivity index (χ0) is 12.0. The highest BCUT2D eigenvalue weighted by Gasteiger charge is 2.22. The predicted octanol–water partition coefficient (Wildman–Crippen LogP) is -0.904. The number of ether oxygens (including phenoxy) is 1. The fourth-order valence-electron chi connectivity index (χ4n) is 0.578. The molecule has 0 aromatic rings. The van der Waals surface area contributed by atoms with Crippen LogP contribution in [0.25, 0.3) is 0 Å². The highest BCUT2D eigenvalue weighted by atomic mass is 32.1. The maximum Gasteiger partial charge on any atom is 0.343 e. The van der Waals surface area contributed by atoms with Crippen molar-refractivity contribution in [1.82, 2.24) is 5.32 Å². The van der Waals surface area contributed by atoms with Crippen LogP contribution in [-0.2, 0) is 14.3 Å². The molecule has 0 saturated carbocycles. The minimum Gasteiger partial charge on any atom is -0.479 e. The Labute approximate surface area is 97.8 Å². The number of aliphatic hydroxyl groups is 1. The van der Waals surface area contributed by atoms with Crippen LogP contribution in [-0.4, -0.2) is 45.6 Å². The molecule has 1 amide bonds. The van der Waals surface area contributed by atoms with Crippen LogP contribution in [0.1, 0.15) is 6.92 Å². The maximum atomic E-state index is 11.2. The third kappa shape index (κ3) is 6.61. The molecular formula is C7H13NO5S2. The van der Waals surface area contributed by atoms with Crippen molar-refractivity contribution < 1.29 is 24.5 Å². The van der Waals surface area contributed by atoms with Crippen LogP contribution < -0.4 is 5.32 Å². The predicted molar refractivity (Wildman–Crippen MR) is 59.0 cm³/mol. The van der Waals surface area contributed by atoms with Gasteiger partial charge in [-0.05, 0) is 6.92 Å². The molecular weight excluding hydrogens is 242 g/mol. The summed E-state index contributed by atoms with van der Waals surface area (Å²) in [6.07, 6.45) is -0.694. The lowest BCUT2D eigenvalue weighted by molar-refractivity contribution is -0.147. The monoisotopic (exact) mass is 255 g/mol. The quantitative estimate of drug-likeness (QED) is 0.313. The van der Waals surface area contributed by atoms with Gasteiger partial charge in [0.15, 0.2) is 10.9 Å². The van der Waals surface area contributed by atoms with Gasteiger partial charge in [0.1, 0.15) is 0 Å². The van der Waals surface area contributed by atoms with Crippen LogP contribution in [0.4, 0.5) is 0 Å². The third-order valence-corrected chi connectivity index (χ3v) is 1.96. The van der Waals surface area contributed by atoms with E-state index < -0.39 is 28.9 Å².